The molecule has 1 aliphatic rings. The van der Waals surface area contributed by atoms with Crippen LogP contribution in [0.25, 0.3) is 0 Å². The fraction of sp³-hybridized carbons (Fsp3) is 0.471. The average Bonchev–Trinajstić information content (AvgIpc) is 3.04. The van der Waals surface area contributed by atoms with E-state index in [4.69, 9.17) is 4.74 Å². The van der Waals surface area contributed by atoms with Gasteiger partial charge in [-0.15, -0.1) is 0 Å². The molecule has 8 nitrogen and oxygen atoms in total. The Morgan fingerprint density at radius 1 is 1.28 bits per heavy atom. The van der Waals surface area contributed by atoms with Gasteiger partial charge >= 0.3 is 0 Å². The van der Waals surface area contributed by atoms with Gasteiger partial charge in [0.15, 0.2) is 5.82 Å². The number of amides is 1. The molecule has 2 aromatic rings. The highest BCUT2D eigenvalue weighted by Crippen LogP contribution is 2.34. The summed E-state index contributed by atoms with van der Waals surface area (Å²) in [6.07, 6.45) is 5.03. The molecule has 1 aliphatic heterocycles. The summed E-state index contributed by atoms with van der Waals surface area (Å²) < 4.78 is 4.99. The smallest absolute Gasteiger partial charge is 0.249 e. The second kappa shape index (κ2) is 7.52. The molecule has 8 heteroatoms. The minimum atomic E-state index is -0.121. The first-order valence-corrected chi connectivity index (χ1v) is 8.27. The Hall–Kier alpha value is -2.61. The van der Waals surface area contributed by atoms with Crippen molar-refractivity contribution in [3.8, 4) is 0 Å². The van der Waals surface area contributed by atoms with E-state index in [1.807, 2.05) is 19.9 Å². The maximum Gasteiger partial charge on any atom is 0.249 e. The summed E-state index contributed by atoms with van der Waals surface area (Å²) >= 11 is 0. The molecule has 132 valence electrons. The molecule has 2 aromatic heterocycles. The van der Waals surface area contributed by atoms with Crippen molar-refractivity contribution in [2.75, 3.05) is 25.6 Å². The highest BCUT2D eigenvalue weighted by molar-refractivity contribution is 5.78. The summed E-state index contributed by atoms with van der Waals surface area (Å²) in [5.41, 5.74) is 2.48. The summed E-state index contributed by atoms with van der Waals surface area (Å²) in [5.74, 6) is 1.02. The lowest BCUT2D eigenvalue weighted by Gasteiger charge is -2.25. The predicted molar refractivity (Wildman–Crippen MR) is 92.4 cm³/mol. The SMILES string of the molecule is COCC(=O)N1CCC[C@@H]1c1nccnc1Nc1nc(C)cc(C)n1. The van der Waals surface area contributed by atoms with E-state index in [0.29, 0.717) is 18.3 Å². The van der Waals surface area contributed by atoms with Gasteiger partial charge in [0, 0.05) is 37.4 Å². The number of carbonyl (C=O) groups excluding carboxylic acids is 1. The van der Waals surface area contributed by atoms with Gasteiger partial charge in [-0.05, 0) is 32.8 Å². The van der Waals surface area contributed by atoms with Crippen LogP contribution >= 0.6 is 0 Å². The number of hydrogen-bond donors (Lipinski definition) is 1. The Morgan fingerprint density at radius 2 is 2.00 bits per heavy atom. The number of aromatic nitrogens is 4. The van der Waals surface area contributed by atoms with Crippen molar-refractivity contribution < 1.29 is 9.53 Å². The molecule has 0 bridgehead atoms. The summed E-state index contributed by atoms with van der Waals surface area (Å²) in [4.78, 5) is 31.8. The Bertz CT molecular complexity index is 746. The lowest BCUT2D eigenvalue weighted by molar-refractivity contribution is -0.136. The number of ether oxygens (including phenoxy) is 1. The molecule has 1 fully saturated rings. The first-order chi connectivity index (χ1) is 12.1. The number of aryl methyl sites for hydroxylation is 2. The lowest BCUT2D eigenvalue weighted by atomic mass is 10.1. The van der Waals surface area contributed by atoms with Crippen LogP contribution < -0.4 is 5.32 Å². The first kappa shape index (κ1) is 17.2. The largest absolute Gasteiger partial charge is 0.375 e. The molecule has 1 atom stereocenters. The number of nitrogens with zero attached hydrogens (tertiary/aromatic N) is 5. The van der Waals surface area contributed by atoms with Crippen molar-refractivity contribution in [3.05, 3.63) is 35.5 Å². The van der Waals surface area contributed by atoms with Crippen LogP contribution in [0, 0.1) is 13.8 Å². The third-order valence-corrected chi connectivity index (χ3v) is 4.10. The van der Waals surface area contributed by atoms with Gasteiger partial charge in [0.05, 0.1) is 6.04 Å². The van der Waals surface area contributed by atoms with E-state index in [1.54, 1.807) is 17.3 Å². The van der Waals surface area contributed by atoms with Crippen molar-refractivity contribution in [2.24, 2.45) is 0 Å². The second-order valence-electron chi connectivity index (χ2n) is 6.07. The Kier molecular flexibility index (Phi) is 5.18. The van der Waals surface area contributed by atoms with E-state index in [0.717, 1.165) is 29.9 Å². The third-order valence-electron chi connectivity index (χ3n) is 4.10. The molecule has 0 radical (unpaired) electrons. The summed E-state index contributed by atoms with van der Waals surface area (Å²) in [7, 11) is 1.52. The molecule has 0 aromatic carbocycles. The Morgan fingerprint density at radius 3 is 2.72 bits per heavy atom. The minimum Gasteiger partial charge on any atom is -0.375 e. The van der Waals surface area contributed by atoms with Gasteiger partial charge in [-0.2, -0.15) is 0 Å². The molecule has 0 saturated carbocycles. The van der Waals surface area contributed by atoms with E-state index >= 15 is 0 Å². The van der Waals surface area contributed by atoms with E-state index < -0.39 is 0 Å². The van der Waals surface area contributed by atoms with Crippen molar-refractivity contribution >= 4 is 17.7 Å². The normalized spacial score (nSPS) is 16.9. The van der Waals surface area contributed by atoms with Gasteiger partial charge in [0.25, 0.3) is 0 Å². The van der Waals surface area contributed by atoms with Crippen molar-refractivity contribution in [1.29, 1.82) is 0 Å². The standard InChI is InChI=1S/C17H22N6O2/c1-11-9-12(2)21-17(20-11)22-16-15(18-6-7-19-16)13-5-4-8-23(13)14(24)10-25-3/h6-7,9,13H,4-5,8,10H2,1-3H3,(H,19,20,21,22)/t13-/m1/s1. The van der Waals surface area contributed by atoms with Crippen LogP contribution in [0.15, 0.2) is 18.5 Å². The number of methoxy groups -OCH3 is 1. The van der Waals surface area contributed by atoms with Gasteiger partial charge < -0.3 is 15.0 Å². The number of nitrogens with one attached hydrogen (secondary N) is 1. The van der Waals surface area contributed by atoms with Crippen LogP contribution in [-0.4, -0.2) is 51.0 Å². The Balaban J connectivity index is 1.89. The number of hydrogen-bond acceptors (Lipinski definition) is 7. The topological polar surface area (TPSA) is 93.1 Å². The average molecular weight is 342 g/mol. The highest BCUT2D eigenvalue weighted by atomic mass is 16.5. The van der Waals surface area contributed by atoms with Crippen LogP contribution in [0.3, 0.4) is 0 Å². The molecular formula is C17H22N6O2. The zero-order chi connectivity index (χ0) is 17.8. The highest BCUT2D eigenvalue weighted by Gasteiger charge is 2.32. The lowest BCUT2D eigenvalue weighted by Crippen LogP contribution is -2.34. The number of anilines is 2. The second-order valence-corrected chi connectivity index (χ2v) is 6.07. The van der Waals surface area contributed by atoms with Crippen molar-refractivity contribution in [3.63, 3.8) is 0 Å². The summed E-state index contributed by atoms with van der Waals surface area (Å²) in [6.45, 7) is 4.60. The number of likely N-dealkylation sites (tertiary alicyclic amines) is 1. The summed E-state index contributed by atoms with van der Waals surface area (Å²) in [6, 6.07) is 1.79. The Labute approximate surface area is 146 Å². The summed E-state index contributed by atoms with van der Waals surface area (Å²) in [5, 5.41) is 3.16. The zero-order valence-electron chi connectivity index (χ0n) is 14.7. The van der Waals surface area contributed by atoms with Gasteiger partial charge in [0.2, 0.25) is 11.9 Å². The molecule has 25 heavy (non-hydrogen) atoms. The van der Waals surface area contributed by atoms with Crippen LogP contribution in [0.4, 0.5) is 11.8 Å². The van der Waals surface area contributed by atoms with Gasteiger partial charge in [-0.3, -0.25) is 9.78 Å². The molecule has 1 N–H and O–H groups in total. The van der Waals surface area contributed by atoms with Crippen LogP contribution in [-0.2, 0) is 9.53 Å². The van der Waals surface area contributed by atoms with E-state index in [-0.39, 0.29) is 18.6 Å². The number of rotatable bonds is 5. The quantitative estimate of drug-likeness (QED) is 0.887. The van der Waals surface area contributed by atoms with Crippen LogP contribution in [0.2, 0.25) is 0 Å². The fourth-order valence-electron chi connectivity index (χ4n) is 3.13. The molecule has 0 aliphatic carbocycles. The van der Waals surface area contributed by atoms with E-state index in [1.165, 1.54) is 7.11 Å². The first-order valence-electron chi connectivity index (χ1n) is 8.27. The minimum absolute atomic E-state index is 0.0377. The monoisotopic (exact) mass is 342 g/mol. The fourth-order valence-corrected chi connectivity index (χ4v) is 3.13. The molecule has 0 spiro atoms. The van der Waals surface area contributed by atoms with Gasteiger partial charge in [-0.1, -0.05) is 0 Å². The van der Waals surface area contributed by atoms with Crippen molar-refractivity contribution in [2.45, 2.75) is 32.7 Å². The maximum absolute atomic E-state index is 12.3. The van der Waals surface area contributed by atoms with Crippen molar-refractivity contribution in [1.82, 2.24) is 24.8 Å². The molecule has 1 amide bonds. The molecule has 1 saturated heterocycles. The predicted octanol–water partition coefficient (Wildman–Crippen LogP) is 1.94. The maximum atomic E-state index is 12.3. The van der Waals surface area contributed by atoms with E-state index in [9.17, 15) is 4.79 Å². The zero-order valence-corrected chi connectivity index (χ0v) is 14.7. The van der Waals surface area contributed by atoms with Gasteiger partial charge in [-0.25, -0.2) is 15.0 Å². The number of carbonyl (C=O) groups is 1. The van der Waals surface area contributed by atoms with E-state index in [2.05, 4.69) is 25.3 Å². The molecule has 3 heterocycles. The molecular weight excluding hydrogens is 320 g/mol. The third kappa shape index (κ3) is 3.90. The van der Waals surface area contributed by atoms with Gasteiger partial charge in [0.1, 0.15) is 12.3 Å². The molecule has 0 unspecified atom stereocenters. The van der Waals surface area contributed by atoms with Crippen LogP contribution in [0.1, 0.15) is 36.0 Å². The molecule has 3 rings (SSSR count). The van der Waals surface area contributed by atoms with Crippen LogP contribution in [0.5, 0.6) is 0 Å².